The first-order valence-electron chi connectivity index (χ1n) is 12.1. The molecule has 1 aromatic carbocycles. The van der Waals surface area contributed by atoms with Crippen LogP contribution in [0.25, 0.3) is 0 Å². The monoisotopic (exact) mass is 440 g/mol. The van der Waals surface area contributed by atoms with Crippen molar-refractivity contribution in [2.45, 2.75) is 70.4 Å². The van der Waals surface area contributed by atoms with E-state index in [4.69, 9.17) is 0 Å². The van der Waals surface area contributed by atoms with E-state index in [0.717, 1.165) is 37.3 Å². The smallest absolute Gasteiger partial charge is 0.325 e. The number of rotatable bonds is 7. The molecule has 32 heavy (non-hydrogen) atoms. The summed E-state index contributed by atoms with van der Waals surface area (Å²) in [5.41, 5.74) is 1.58. The minimum Gasteiger partial charge on any atom is -0.353 e. The Hall–Kier alpha value is -2.41. The molecule has 4 rings (SSSR count). The Bertz CT molecular complexity index is 839. The maximum Gasteiger partial charge on any atom is 0.325 e. The maximum atomic E-state index is 13.1. The Morgan fingerprint density at radius 2 is 1.81 bits per heavy atom. The summed E-state index contributed by atoms with van der Waals surface area (Å²) in [4.78, 5) is 41.9. The molecule has 0 bridgehead atoms. The molecule has 1 atom stereocenters. The summed E-state index contributed by atoms with van der Waals surface area (Å²) in [6, 6.07) is 8.10. The molecule has 4 amide bonds. The second kappa shape index (κ2) is 9.61. The number of carbonyl (C=O) groups is 3. The first-order chi connectivity index (χ1) is 15.4. The van der Waals surface area contributed by atoms with E-state index < -0.39 is 11.6 Å². The highest BCUT2D eigenvalue weighted by Crippen LogP contribution is 2.37. The molecule has 1 aliphatic carbocycles. The molecule has 3 aliphatic rings. The van der Waals surface area contributed by atoms with Crippen LogP contribution in [0.3, 0.4) is 0 Å². The summed E-state index contributed by atoms with van der Waals surface area (Å²) in [5.74, 6) is 0.0953. The van der Waals surface area contributed by atoms with E-state index in [9.17, 15) is 14.4 Å². The zero-order chi connectivity index (χ0) is 22.7. The first-order valence-corrected chi connectivity index (χ1v) is 12.1. The molecule has 2 heterocycles. The normalized spacial score (nSPS) is 27.1. The Morgan fingerprint density at radius 1 is 1.16 bits per heavy atom. The van der Waals surface area contributed by atoms with E-state index in [1.807, 2.05) is 0 Å². The lowest BCUT2D eigenvalue weighted by molar-refractivity contribution is -0.136. The van der Waals surface area contributed by atoms with Gasteiger partial charge in [-0.1, -0.05) is 43.2 Å². The Kier molecular flexibility index (Phi) is 6.84. The Labute approximate surface area is 190 Å². The molecule has 7 nitrogen and oxygen atoms in total. The van der Waals surface area contributed by atoms with E-state index in [0.29, 0.717) is 25.3 Å². The van der Waals surface area contributed by atoms with Crippen molar-refractivity contribution in [2.24, 2.45) is 5.92 Å². The Balaban J connectivity index is 1.36. The molecule has 1 spiro atoms. The van der Waals surface area contributed by atoms with Gasteiger partial charge in [-0.25, -0.2) is 4.79 Å². The average molecular weight is 441 g/mol. The van der Waals surface area contributed by atoms with Crippen LogP contribution in [0, 0.1) is 12.8 Å². The van der Waals surface area contributed by atoms with Crippen molar-refractivity contribution in [1.82, 2.24) is 20.4 Å². The van der Waals surface area contributed by atoms with Crippen molar-refractivity contribution in [3.63, 3.8) is 0 Å². The lowest BCUT2D eigenvalue weighted by Crippen LogP contribution is -2.50. The number of hydrogen-bond donors (Lipinski definition) is 2. The highest BCUT2D eigenvalue weighted by molar-refractivity contribution is 6.09. The number of nitrogens with one attached hydrogen (secondary N) is 2. The van der Waals surface area contributed by atoms with Crippen LogP contribution >= 0.6 is 0 Å². The molecular formula is C25H36N4O3. The van der Waals surface area contributed by atoms with Crippen molar-refractivity contribution >= 4 is 17.8 Å². The predicted octanol–water partition coefficient (Wildman–Crippen LogP) is 3.14. The third-order valence-corrected chi connectivity index (χ3v) is 7.62. The SMILES string of the molecule is CCC1CCC2(CC1)NC(=O)N(CC(=O)NCC(c1ccc(C)cc1)N1CCCC1)C2=O. The van der Waals surface area contributed by atoms with Gasteiger partial charge in [-0.15, -0.1) is 0 Å². The van der Waals surface area contributed by atoms with Crippen LogP contribution in [-0.4, -0.2) is 59.4 Å². The first kappa shape index (κ1) is 22.8. The number of carbonyl (C=O) groups excluding carboxylic acids is 3. The second-order valence-electron chi connectivity index (χ2n) is 9.73. The van der Waals surface area contributed by atoms with Crippen LogP contribution in [0.1, 0.15) is 69.0 Å². The predicted molar refractivity (Wildman–Crippen MR) is 123 cm³/mol. The van der Waals surface area contributed by atoms with E-state index in [1.165, 1.54) is 24.0 Å². The summed E-state index contributed by atoms with van der Waals surface area (Å²) >= 11 is 0. The highest BCUT2D eigenvalue weighted by atomic mass is 16.2. The van der Waals surface area contributed by atoms with Gasteiger partial charge in [0.2, 0.25) is 5.91 Å². The Morgan fingerprint density at radius 3 is 2.44 bits per heavy atom. The molecule has 0 radical (unpaired) electrons. The summed E-state index contributed by atoms with van der Waals surface area (Å²) < 4.78 is 0. The highest BCUT2D eigenvalue weighted by Gasteiger charge is 2.52. The lowest BCUT2D eigenvalue weighted by atomic mass is 9.75. The summed E-state index contributed by atoms with van der Waals surface area (Å²) in [6.45, 7) is 6.51. The molecule has 3 fully saturated rings. The van der Waals surface area contributed by atoms with Crippen LogP contribution in [0.5, 0.6) is 0 Å². The van der Waals surface area contributed by atoms with Gasteiger partial charge < -0.3 is 10.6 Å². The van der Waals surface area contributed by atoms with Gasteiger partial charge in [-0.2, -0.15) is 0 Å². The fraction of sp³-hybridized carbons (Fsp3) is 0.640. The number of amides is 4. The second-order valence-corrected chi connectivity index (χ2v) is 9.73. The quantitative estimate of drug-likeness (QED) is 0.638. The fourth-order valence-corrected chi connectivity index (χ4v) is 5.45. The molecule has 7 heteroatoms. The van der Waals surface area contributed by atoms with Crippen molar-refractivity contribution in [3.05, 3.63) is 35.4 Å². The summed E-state index contributed by atoms with van der Waals surface area (Å²) in [7, 11) is 0. The lowest BCUT2D eigenvalue weighted by Gasteiger charge is -2.34. The number of hydrogen-bond acceptors (Lipinski definition) is 4. The van der Waals surface area contributed by atoms with Gasteiger partial charge >= 0.3 is 6.03 Å². The largest absolute Gasteiger partial charge is 0.353 e. The van der Waals surface area contributed by atoms with E-state index in [1.54, 1.807) is 0 Å². The van der Waals surface area contributed by atoms with E-state index in [2.05, 4.69) is 53.6 Å². The average Bonchev–Trinajstić information content (AvgIpc) is 3.39. The van der Waals surface area contributed by atoms with E-state index in [-0.39, 0.29) is 24.4 Å². The van der Waals surface area contributed by atoms with Gasteiger partial charge in [0, 0.05) is 6.54 Å². The topological polar surface area (TPSA) is 81.8 Å². The molecule has 1 aromatic rings. The molecule has 2 saturated heterocycles. The molecular weight excluding hydrogens is 404 g/mol. The zero-order valence-corrected chi connectivity index (χ0v) is 19.4. The van der Waals surface area contributed by atoms with Crippen LogP contribution in [0.2, 0.25) is 0 Å². The fourth-order valence-electron chi connectivity index (χ4n) is 5.45. The zero-order valence-electron chi connectivity index (χ0n) is 19.4. The number of urea groups is 1. The van der Waals surface area contributed by atoms with Crippen LogP contribution in [0.15, 0.2) is 24.3 Å². The molecule has 0 aromatic heterocycles. The molecule has 2 N–H and O–H groups in total. The number of likely N-dealkylation sites (tertiary alicyclic amines) is 1. The van der Waals surface area contributed by atoms with Gasteiger partial charge in [-0.05, 0) is 70.0 Å². The van der Waals surface area contributed by atoms with Crippen LogP contribution in [0.4, 0.5) is 4.79 Å². The van der Waals surface area contributed by atoms with E-state index >= 15 is 0 Å². The molecule has 1 unspecified atom stereocenters. The molecule has 1 saturated carbocycles. The standard InChI is InChI=1S/C25H36N4O3/c1-3-19-10-12-25(13-11-19)23(31)29(24(32)27-25)17-22(30)26-16-21(28-14-4-5-15-28)20-8-6-18(2)7-9-20/h6-9,19,21H,3-5,10-17H2,1-2H3,(H,26,30)(H,27,32). The van der Waals surface area contributed by atoms with Gasteiger partial charge in [0.25, 0.3) is 5.91 Å². The van der Waals surface area contributed by atoms with Crippen molar-refractivity contribution in [1.29, 1.82) is 0 Å². The van der Waals surface area contributed by atoms with Crippen LogP contribution < -0.4 is 10.6 Å². The number of benzene rings is 1. The van der Waals surface area contributed by atoms with Crippen molar-refractivity contribution in [2.75, 3.05) is 26.2 Å². The summed E-state index contributed by atoms with van der Waals surface area (Å²) in [5, 5.41) is 5.90. The third kappa shape index (κ3) is 4.68. The number of imide groups is 1. The third-order valence-electron chi connectivity index (χ3n) is 7.62. The molecule has 2 aliphatic heterocycles. The van der Waals surface area contributed by atoms with Crippen molar-refractivity contribution < 1.29 is 14.4 Å². The van der Waals surface area contributed by atoms with Gasteiger partial charge in [0.15, 0.2) is 0 Å². The number of nitrogens with zero attached hydrogens (tertiary/aromatic N) is 2. The van der Waals surface area contributed by atoms with Crippen molar-refractivity contribution in [3.8, 4) is 0 Å². The summed E-state index contributed by atoms with van der Waals surface area (Å²) in [6.07, 6.45) is 6.65. The van der Waals surface area contributed by atoms with Gasteiger partial charge in [0.1, 0.15) is 12.1 Å². The van der Waals surface area contributed by atoms with Gasteiger partial charge in [0.05, 0.1) is 6.04 Å². The maximum absolute atomic E-state index is 13.1. The van der Waals surface area contributed by atoms with Gasteiger partial charge in [-0.3, -0.25) is 19.4 Å². The minimum atomic E-state index is -0.803. The molecule has 174 valence electrons. The number of aryl methyl sites for hydroxylation is 1. The minimum absolute atomic E-state index is 0.0980. The van der Waals surface area contributed by atoms with Crippen LogP contribution in [-0.2, 0) is 9.59 Å².